The van der Waals surface area contributed by atoms with Gasteiger partial charge in [-0.2, -0.15) is 0 Å². The van der Waals surface area contributed by atoms with Gasteiger partial charge < -0.3 is 5.32 Å². The van der Waals surface area contributed by atoms with Crippen LogP contribution >= 0.6 is 0 Å². The summed E-state index contributed by atoms with van der Waals surface area (Å²) in [5.41, 5.74) is 1.42. The molecule has 3 heteroatoms. The van der Waals surface area contributed by atoms with E-state index in [1.807, 2.05) is 12.4 Å². The molecule has 1 fully saturated rings. The van der Waals surface area contributed by atoms with Crippen LogP contribution in [0.3, 0.4) is 0 Å². The maximum absolute atomic E-state index is 4.10. The van der Waals surface area contributed by atoms with E-state index in [1.165, 1.54) is 18.4 Å². The van der Waals surface area contributed by atoms with Gasteiger partial charge in [0, 0.05) is 44.6 Å². The summed E-state index contributed by atoms with van der Waals surface area (Å²) in [6, 6.07) is 4.89. The highest BCUT2D eigenvalue weighted by molar-refractivity contribution is 5.15. The quantitative estimate of drug-likeness (QED) is 0.837. The molecule has 1 aromatic rings. The Labute approximate surface area is 97.9 Å². The van der Waals surface area contributed by atoms with Gasteiger partial charge in [-0.25, -0.2) is 0 Å². The molecule has 0 saturated carbocycles. The number of hydrogen-bond donors (Lipinski definition) is 1. The Morgan fingerprint density at radius 1 is 1.31 bits per heavy atom. The zero-order valence-corrected chi connectivity index (χ0v) is 10.0. The van der Waals surface area contributed by atoms with E-state index < -0.39 is 0 Å². The predicted octanol–water partition coefficient (Wildman–Crippen LogP) is 1.83. The molecular formula is C13H21N3. The van der Waals surface area contributed by atoms with Gasteiger partial charge in [0.15, 0.2) is 0 Å². The highest BCUT2D eigenvalue weighted by Gasteiger charge is 2.20. The molecule has 16 heavy (non-hydrogen) atoms. The number of pyridine rings is 1. The van der Waals surface area contributed by atoms with Crippen molar-refractivity contribution in [3.05, 3.63) is 30.1 Å². The van der Waals surface area contributed by atoms with Crippen molar-refractivity contribution in [1.82, 2.24) is 15.2 Å². The number of hydrogen-bond acceptors (Lipinski definition) is 3. The number of aromatic nitrogens is 1. The molecule has 2 heterocycles. The molecule has 0 amide bonds. The standard InChI is InChI=1S/C13H21N3/c1-2-3-13(12-4-6-14-7-5-12)16-10-8-15-9-11-16/h4-7,13,15H,2-3,8-11H2,1H3/t13-/m1/s1. The molecule has 1 aliphatic heterocycles. The first kappa shape index (κ1) is 11.6. The second-order valence-corrected chi connectivity index (χ2v) is 4.37. The lowest BCUT2D eigenvalue weighted by molar-refractivity contribution is 0.164. The van der Waals surface area contributed by atoms with Crippen LogP contribution in [0, 0.1) is 0 Å². The molecule has 0 bridgehead atoms. The smallest absolute Gasteiger partial charge is 0.0350 e. The zero-order valence-electron chi connectivity index (χ0n) is 10.0. The van der Waals surface area contributed by atoms with E-state index in [1.54, 1.807) is 0 Å². The Kier molecular flexibility index (Phi) is 4.31. The monoisotopic (exact) mass is 219 g/mol. The lowest BCUT2D eigenvalue weighted by atomic mass is 10.0. The topological polar surface area (TPSA) is 28.2 Å². The summed E-state index contributed by atoms with van der Waals surface area (Å²) in [6.45, 7) is 6.81. The van der Waals surface area contributed by atoms with Gasteiger partial charge in [-0.05, 0) is 24.1 Å². The Morgan fingerprint density at radius 2 is 2.00 bits per heavy atom. The van der Waals surface area contributed by atoms with E-state index in [4.69, 9.17) is 0 Å². The van der Waals surface area contributed by atoms with Crippen LogP contribution < -0.4 is 5.32 Å². The summed E-state index contributed by atoms with van der Waals surface area (Å²) in [5, 5.41) is 3.41. The van der Waals surface area contributed by atoms with Crippen LogP contribution in [0.2, 0.25) is 0 Å². The van der Waals surface area contributed by atoms with Gasteiger partial charge in [-0.3, -0.25) is 9.88 Å². The van der Waals surface area contributed by atoms with E-state index >= 15 is 0 Å². The fraction of sp³-hybridized carbons (Fsp3) is 0.615. The zero-order chi connectivity index (χ0) is 11.2. The highest BCUT2D eigenvalue weighted by Crippen LogP contribution is 2.25. The van der Waals surface area contributed by atoms with Crippen molar-refractivity contribution >= 4 is 0 Å². The number of nitrogens with one attached hydrogen (secondary N) is 1. The molecular weight excluding hydrogens is 198 g/mol. The number of rotatable bonds is 4. The molecule has 3 nitrogen and oxygen atoms in total. The summed E-state index contributed by atoms with van der Waals surface area (Å²) in [6.07, 6.45) is 6.28. The third kappa shape index (κ3) is 2.80. The van der Waals surface area contributed by atoms with E-state index in [2.05, 4.69) is 34.3 Å². The van der Waals surface area contributed by atoms with Gasteiger partial charge in [0.05, 0.1) is 0 Å². The van der Waals surface area contributed by atoms with Crippen LogP contribution in [0.15, 0.2) is 24.5 Å². The molecule has 0 aliphatic carbocycles. The van der Waals surface area contributed by atoms with Gasteiger partial charge >= 0.3 is 0 Å². The SMILES string of the molecule is CCC[C@H](c1ccncc1)N1CCNCC1. The second-order valence-electron chi connectivity index (χ2n) is 4.37. The molecule has 2 rings (SSSR count). The molecule has 1 saturated heterocycles. The van der Waals surface area contributed by atoms with Crippen molar-refractivity contribution in [2.45, 2.75) is 25.8 Å². The Morgan fingerprint density at radius 3 is 2.62 bits per heavy atom. The highest BCUT2D eigenvalue weighted by atomic mass is 15.2. The van der Waals surface area contributed by atoms with Crippen LogP contribution in [0.25, 0.3) is 0 Å². The molecule has 0 aromatic carbocycles. The normalized spacial score (nSPS) is 19.6. The van der Waals surface area contributed by atoms with Gasteiger partial charge in [-0.1, -0.05) is 13.3 Å². The van der Waals surface area contributed by atoms with Crippen LogP contribution in [-0.2, 0) is 0 Å². The van der Waals surface area contributed by atoms with Crippen LogP contribution in [0.5, 0.6) is 0 Å². The van der Waals surface area contributed by atoms with E-state index in [0.717, 1.165) is 26.2 Å². The summed E-state index contributed by atoms with van der Waals surface area (Å²) in [4.78, 5) is 6.69. The average Bonchev–Trinajstić information content (AvgIpc) is 2.38. The van der Waals surface area contributed by atoms with E-state index in [-0.39, 0.29) is 0 Å². The molecule has 88 valence electrons. The van der Waals surface area contributed by atoms with Crippen molar-refractivity contribution in [3.8, 4) is 0 Å². The van der Waals surface area contributed by atoms with Gasteiger partial charge in [0.1, 0.15) is 0 Å². The summed E-state index contributed by atoms with van der Waals surface area (Å²) in [5.74, 6) is 0. The van der Waals surface area contributed by atoms with Crippen molar-refractivity contribution in [2.24, 2.45) is 0 Å². The van der Waals surface area contributed by atoms with Crippen molar-refractivity contribution in [1.29, 1.82) is 0 Å². The molecule has 0 radical (unpaired) electrons. The maximum Gasteiger partial charge on any atom is 0.0350 e. The van der Waals surface area contributed by atoms with Gasteiger partial charge in [-0.15, -0.1) is 0 Å². The minimum absolute atomic E-state index is 0.579. The molecule has 1 atom stereocenters. The summed E-state index contributed by atoms with van der Waals surface area (Å²) >= 11 is 0. The summed E-state index contributed by atoms with van der Waals surface area (Å²) in [7, 11) is 0. The minimum Gasteiger partial charge on any atom is -0.314 e. The van der Waals surface area contributed by atoms with Crippen molar-refractivity contribution in [3.63, 3.8) is 0 Å². The average molecular weight is 219 g/mol. The lowest BCUT2D eigenvalue weighted by Gasteiger charge is -2.35. The van der Waals surface area contributed by atoms with Crippen LogP contribution in [-0.4, -0.2) is 36.1 Å². The fourth-order valence-corrected chi connectivity index (χ4v) is 2.41. The Bertz CT molecular complexity index is 293. The second kappa shape index (κ2) is 5.97. The first-order valence-corrected chi connectivity index (χ1v) is 6.26. The fourth-order valence-electron chi connectivity index (χ4n) is 2.41. The number of nitrogens with zero attached hydrogens (tertiary/aromatic N) is 2. The van der Waals surface area contributed by atoms with Crippen LogP contribution in [0.1, 0.15) is 31.4 Å². The van der Waals surface area contributed by atoms with Crippen LogP contribution in [0.4, 0.5) is 0 Å². The van der Waals surface area contributed by atoms with Gasteiger partial charge in [0.25, 0.3) is 0 Å². The van der Waals surface area contributed by atoms with Gasteiger partial charge in [0.2, 0.25) is 0 Å². The first-order chi connectivity index (χ1) is 7.92. The molecule has 1 N–H and O–H groups in total. The van der Waals surface area contributed by atoms with E-state index in [0.29, 0.717) is 6.04 Å². The summed E-state index contributed by atoms with van der Waals surface area (Å²) < 4.78 is 0. The van der Waals surface area contributed by atoms with Crippen molar-refractivity contribution < 1.29 is 0 Å². The third-order valence-electron chi connectivity index (χ3n) is 3.25. The predicted molar refractivity (Wildman–Crippen MR) is 66.3 cm³/mol. The minimum atomic E-state index is 0.579. The van der Waals surface area contributed by atoms with E-state index in [9.17, 15) is 0 Å². The van der Waals surface area contributed by atoms with Crippen molar-refractivity contribution in [2.75, 3.05) is 26.2 Å². The Hall–Kier alpha value is -0.930. The first-order valence-electron chi connectivity index (χ1n) is 6.26. The number of piperazine rings is 1. The third-order valence-corrected chi connectivity index (χ3v) is 3.25. The largest absolute Gasteiger partial charge is 0.314 e. The molecule has 0 unspecified atom stereocenters. The Balaban J connectivity index is 2.09. The molecule has 0 spiro atoms. The maximum atomic E-state index is 4.10. The molecule has 1 aromatic heterocycles. The lowest BCUT2D eigenvalue weighted by Crippen LogP contribution is -2.45. The molecule has 1 aliphatic rings.